The van der Waals surface area contributed by atoms with Crippen molar-refractivity contribution >= 4 is 16.1 Å². The SMILES string of the molecule is O=C(O)c1cc(S(=O)(=O)[O-])ccc1[O-].[NH3+]Cc1ccccc1.[NH3+]Cc1ccccc1. The molecule has 30 heavy (non-hydrogen) atoms. The molecular formula is C21H24N2O6S. The normalized spacial score (nSPS) is 10.1. The molecule has 7 N–H and O–H groups in total. The lowest BCUT2D eigenvalue weighted by Gasteiger charge is -2.13. The molecule has 0 amide bonds. The maximum Gasteiger partial charge on any atom is 0.335 e. The number of rotatable bonds is 4. The van der Waals surface area contributed by atoms with E-state index in [4.69, 9.17) is 5.11 Å². The fraction of sp³-hybridized carbons (Fsp3) is 0.0952. The summed E-state index contributed by atoms with van der Waals surface area (Å²) >= 11 is 0. The van der Waals surface area contributed by atoms with Gasteiger partial charge in [-0.2, -0.15) is 0 Å². The Balaban J connectivity index is 0.000000240. The van der Waals surface area contributed by atoms with Crippen LogP contribution in [0.3, 0.4) is 0 Å². The standard InChI is InChI=1S/2C7H9N.C7H6O6S/c2*8-6-7-4-2-1-3-5-7;8-6-2-1-4(14(11,12)13)3-5(6)7(9)10/h2*1-5H,6,8H2;1-3,8H,(H,9,10)(H,11,12,13). The van der Waals surface area contributed by atoms with Crippen LogP contribution in [0.1, 0.15) is 21.5 Å². The second kappa shape index (κ2) is 12.3. The van der Waals surface area contributed by atoms with Crippen molar-refractivity contribution in [3.8, 4) is 5.75 Å². The van der Waals surface area contributed by atoms with Gasteiger partial charge in [0.2, 0.25) is 0 Å². The molecule has 0 heterocycles. The first-order chi connectivity index (χ1) is 14.2. The quantitative estimate of drug-likeness (QED) is 0.497. The second-order valence-electron chi connectivity index (χ2n) is 5.89. The molecule has 0 spiro atoms. The minimum absolute atomic E-state index is 0.549. The zero-order valence-corrected chi connectivity index (χ0v) is 17.0. The van der Waals surface area contributed by atoms with Crippen molar-refractivity contribution in [3.63, 3.8) is 0 Å². The molecule has 0 aromatic heterocycles. The van der Waals surface area contributed by atoms with Crippen molar-refractivity contribution in [1.82, 2.24) is 0 Å². The van der Waals surface area contributed by atoms with E-state index in [2.05, 4.69) is 35.7 Å². The Morgan fingerprint density at radius 3 is 1.57 bits per heavy atom. The predicted molar refractivity (Wildman–Crippen MR) is 107 cm³/mol. The first-order valence-corrected chi connectivity index (χ1v) is 10.3. The van der Waals surface area contributed by atoms with Crippen LogP contribution in [0.5, 0.6) is 5.75 Å². The maximum absolute atomic E-state index is 10.9. The van der Waals surface area contributed by atoms with Crippen molar-refractivity contribution < 1.29 is 39.4 Å². The van der Waals surface area contributed by atoms with Crippen LogP contribution in [0.4, 0.5) is 0 Å². The molecule has 0 unspecified atom stereocenters. The van der Waals surface area contributed by atoms with Crippen LogP contribution in [0.25, 0.3) is 0 Å². The van der Waals surface area contributed by atoms with Crippen molar-refractivity contribution in [2.45, 2.75) is 18.0 Å². The number of carboxylic acids is 1. The average molecular weight is 432 g/mol. The van der Waals surface area contributed by atoms with E-state index in [9.17, 15) is 22.9 Å². The predicted octanol–water partition coefficient (Wildman–Crippen LogP) is 0.220. The molecule has 9 heteroatoms. The van der Waals surface area contributed by atoms with E-state index in [1.54, 1.807) is 0 Å². The molecule has 0 aliphatic carbocycles. The Labute approximate surface area is 175 Å². The van der Waals surface area contributed by atoms with Gasteiger partial charge in [-0.25, -0.2) is 13.2 Å². The topological polar surface area (TPSA) is 173 Å². The van der Waals surface area contributed by atoms with E-state index in [1.165, 1.54) is 11.1 Å². The molecule has 3 aromatic carbocycles. The van der Waals surface area contributed by atoms with E-state index in [-0.39, 0.29) is 0 Å². The highest BCUT2D eigenvalue weighted by molar-refractivity contribution is 7.85. The zero-order chi connectivity index (χ0) is 22.6. The number of carbonyl (C=O) groups is 1. The van der Waals surface area contributed by atoms with Crippen molar-refractivity contribution in [2.75, 3.05) is 0 Å². The summed E-state index contributed by atoms with van der Waals surface area (Å²) in [6.45, 7) is 1.78. The molecule has 0 radical (unpaired) electrons. The van der Waals surface area contributed by atoms with E-state index in [1.807, 2.05) is 36.4 Å². The van der Waals surface area contributed by atoms with Gasteiger partial charge >= 0.3 is 5.97 Å². The van der Waals surface area contributed by atoms with E-state index in [0.717, 1.165) is 25.2 Å². The Bertz CT molecular complexity index is 986. The van der Waals surface area contributed by atoms with Crippen LogP contribution >= 0.6 is 0 Å². The number of quaternary nitrogens is 2. The van der Waals surface area contributed by atoms with Gasteiger partial charge in [0.1, 0.15) is 10.1 Å². The molecule has 8 nitrogen and oxygen atoms in total. The molecule has 0 aliphatic heterocycles. The van der Waals surface area contributed by atoms with Gasteiger partial charge in [-0.3, -0.25) is 0 Å². The largest absolute Gasteiger partial charge is 0.872 e. The Morgan fingerprint density at radius 1 is 0.833 bits per heavy atom. The highest BCUT2D eigenvalue weighted by atomic mass is 32.2. The smallest absolute Gasteiger partial charge is 0.335 e. The van der Waals surface area contributed by atoms with Gasteiger partial charge in [0.15, 0.2) is 0 Å². The molecule has 3 rings (SSSR count). The third kappa shape index (κ3) is 8.84. The highest BCUT2D eigenvalue weighted by Crippen LogP contribution is 2.18. The van der Waals surface area contributed by atoms with Gasteiger partial charge in [0.25, 0.3) is 0 Å². The minimum atomic E-state index is -4.73. The summed E-state index contributed by atoms with van der Waals surface area (Å²) in [4.78, 5) is 9.68. The van der Waals surface area contributed by atoms with Gasteiger partial charge in [-0.1, -0.05) is 72.5 Å². The summed E-state index contributed by atoms with van der Waals surface area (Å²) in [5, 5.41) is 19.3. The average Bonchev–Trinajstić information content (AvgIpc) is 2.75. The first kappa shape index (κ1) is 24.8. The van der Waals surface area contributed by atoms with Gasteiger partial charge in [-0.05, 0) is 12.1 Å². The monoisotopic (exact) mass is 432 g/mol. The maximum atomic E-state index is 10.9. The number of benzene rings is 3. The molecule has 160 valence electrons. The summed E-state index contributed by atoms with van der Waals surface area (Å²) in [6, 6.07) is 22.5. The third-order valence-electron chi connectivity index (χ3n) is 3.73. The van der Waals surface area contributed by atoms with Gasteiger partial charge < -0.3 is 26.2 Å². The van der Waals surface area contributed by atoms with Gasteiger partial charge in [0, 0.05) is 11.1 Å². The van der Waals surface area contributed by atoms with Crippen LogP contribution in [0.15, 0.2) is 83.8 Å². The number of carboxylic acid groups (broad SMARTS) is 1. The molecule has 0 aliphatic rings. The van der Waals surface area contributed by atoms with Crippen LogP contribution in [0.2, 0.25) is 0 Å². The van der Waals surface area contributed by atoms with Crippen LogP contribution in [-0.2, 0) is 23.2 Å². The van der Waals surface area contributed by atoms with E-state index < -0.39 is 32.3 Å². The lowest BCUT2D eigenvalue weighted by molar-refractivity contribution is -0.386. The Morgan fingerprint density at radius 2 is 1.27 bits per heavy atom. The number of hydrogen-bond donors (Lipinski definition) is 3. The van der Waals surface area contributed by atoms with Crippen LogP contribution in [0, 0.1) is 0 Å². The number of aromatic carboxylic acids is 1. The summed E-state index contributed by atoms with van der Waals surface area (Å²) in [6.07, 6.45) is 0. The molecule has 0 saturated heterocycles. The molecule has 0 fully saturated rings. The minimum Gasteiger partial charge on any atom is -0.872 e. The molecule has 0 atom stereocenters. The molecule has 0 bridgehead atoms. The third-order valence-corrected chi connectivity index (χ3v) is 4.56. The summed E-state index contributed by atoms with van der Waals surface area (Å²) in [5.74, 6) is -2.41. The van der Waals surface area contributed by atoms with Gasteiger partial charge in [0.05, 0.1) is 23.5 Å². The first-order valence-electron chi connectivity index (χ1n) is 8.85. The number of hydrogen-bond acceptors (Lipinski definition) is 5. The fourth-order valence-corrected chi connectivity index (χ4v) is 2.62. The molecule has 3 aromatic rings. The Hall–Kier alpha value is -3.24. The van der Waals surface area contributed by atoms with Crippen molar-refractivity contribution in [1.29, 1.82) is 0 Å². The summed E-state index contributed by atoms with van der Waals surface area (Å²) in [5.41, 5.74) is 9.37. The lowest BCUT2D eigenvalue weighted by atomic mass is 10.2. The summed E-state index contributed by atoms with van der Waals surface area (Å²) in [7, 11) is -4.73. The van der Waals surface area contributed by atoms with Gasteiger partial charge in [-0.15, -0.1) is 0 Å². The zero-order valence-electron chi connectivity index (χ0n) is 16.2. The van der Waals surface area contributed by atoms with E-state index >= 15 is 0 Å². The summed E-state index contributed by atoms with van der Waals surface area (Å²) < 4.78 is 31.4. The fourth-order valence-electron chi connectivity index (χ4n) is 2.12. The lowest BCUT2D eigenvalue weighted by Crippen LogP contribution is -2.47. The molecular weight excluding hydrogens is 408 g/mol. The van der Waals surface area contributed by atoms with Crippen molar-refractivity contribution in [2.24, 2.45) is 0 Å². The molecule has 0 saturated carbocycles. The van der Waals surface area contributed by atoms with Crippen molar-refractivity contribution in [3.05, 3.63) is 95.6 Å². The van der Waals surface area contributed by atoms with Crippen LogP contribution < -0.4 is 16.6 Å². The van der Waals surface area contributed by atoms with Crippen LogP contribution in [-0.4, -0.2) is 24.0 Å². The Kier molecular flexibility index (Phi) is 10.2. The second-order valence-corrected chi connectivity index (χ2v) is 7.27. The van der Waals surface area contributed by atoms with E-state index in [0.29, 0.717) is 6.07 Å². The highest BCUT2D eigenvalue weighted by Gasteiger charge is 2.08.